The highest BCUT2D eigenvalue weighted by Crippen LogP contribution is 2.32. The summed E-state index contributed by atoms with van der Waals surface area (Å²) >= 11 is 1.72. The van der Waals surface area contributed by atoms with Gasteiger partial charge in [0.15, 0.2) is 11.0 Å². The van der Waals surface area contributed by atoms with Gasteiger partial charge in [0, 0.05) is 17.9 Å². The Kier molecular flexibility index (Phi) is 6.71. The molecule has 0 saturated heterocycles. The number of allylic oxidation sites excluding steroid dienone is 1. The van der Waals surface area contributed by atoms with Crippen molar-refractivity contribution in [3.05, 3.63) is 71.3 Å². The molecular formula is C25H31N3OS. The minimum absolute atomic E-state index is 0.151. The zero-order valence-corrected chi connectivity index (χ0v) is 19.6. The lowest BCUT2D eigenvalue weighted by Gasteiger charge is -2.22. The molecule has 0 saturated carbocycles. The van der Waals surface area contributed by atoms with E-state index in [1.807, 2.05) is 30.3 Å². The molecule has 0 spiro atoms. The highest BCUT2D eigenvalue weighted by atomic mass is 32.2. The van der Waals surface area contributed by atoms with Crippen LogP contribution < -0.4 is 4.74 Å². The van der Waals surface area contributed by atoms with Gasteiger partial charge in [0.2, 0.25) is 0 Å². The minimum Gasteiger partial charge on any atom is -0.497 e. The van der Waals surface area contributed by atoms with E-state index >= 15 is 0 Å². The predicted octanol–water partition coefficient (Wildman–Crippen LogP) is 6.35. The van der Waals surface area contributed by atoms with Gasteiger partial charge in [-0.25, -0.2) is 0 Å². The van der Waals surface area contributed by atoms with Crippen LogP contribution in [0.15, 0.2) is 54.2 Å². The van der Waals surface area contributed by atoms with Crippen LogP contribution in [0.3, 0.4) is 0 Å². The first-order valence-corrected chi connectivity index (χ1v) is 11.1. The van der Waals surface area contributed by atoms with Gasteiger partial charge in [-0.15, -0.1) is 16.8 Å². The first-order chi connectivity index (χ1) is 14.2. The van der Waals surface area contributed by atoms with Crippen LogP contribution in [0.4, 0.5) is 0 Å². The van der Waals surface area contributed by atoms with Crippen LogP contribution in [0, 0.1) is 13.8 Å². The van der Waals surface area contributed by atoms with E-state index in [0.29, 0.717) is 6.54 Å². The van der Waals surface area contributed by atoms with E-state index in [1.54, 1.807) is 18.9 Å². The molecule has 0 fully saturated rings. The van der Waals surface area contributed by atoms with Gasteiger partial charge in [-0.05, 0) is 65.8 Å². The molecule has 0 N–H and O–H groups in total. The monoisotopic (exact) mass is 421 g/mol. The molecule has 0 unspecified atom stereocenters. The number of rotatable bonds is 7. The van der Waals surface area contributed by atoms with Crippen LogP contribution in [0.5, 0.6) is 5.75 Å². The lowest BCUT2D eigenvalue weighted by atomic mass is 9.84. The summed E-state index contributed by atoms with van der Waals surface area (Å²) in [5, 5.41) is 9.85. The number of methoxy groups -OCH3 is 1. The number of ether oxygens (including phenoxy) is 1. The van der Waals surface area contributed by atoms with Crippen molar-refractivity contribution in [1.29, 1.82) is 0 Å². The lowest BCUT2D eigenvalue weighted by molar-refractivity contribution is 0.415. The molecule has 2 aromatic carbocycles. The van der Waals surface area contributed by atoms with Crippen molar-refractivity contribution in [2.24, 2.45) is 0 Å². The first-order valence-electron chi connectivity index (χ1n) is 10.2. The number of benzene rings is 2. The molecule has 1 heterocycles. The highest BCUT2D eigenvalue weighted by molar-refractivity contribution is 7.98. The van der Waals surface area contributed by atoms with Crippen LogP contribution in [0.2, 0.25) is 0 Å². The number of hydrogen-bond acceptors (Lipinski definition) is 4. The van der Waals surface area contributed by atoms with Crippen molar-refractivity contribution in [1.82, 2.24) is 14.8 Å². The normalized spacial score (nSPS) is 11.5. The fourth-order valence-corrected chi connectivity index (χ4v) is 4.58. The van der Waals surface area contributed by atoms with Crippen LogP contribution in [0.25, 0.3) is 11.4 Å². The van der Waals surface area contributed by atoms with Gasteiger partial charge in [0.25, 0.3) is 0 Å². The van der Waals surface area contributed by atoms with Gasteiger partial charge in [-0.1, -0.05) is 50.7 Å². The van der Waals surface area contributed by atoms with Crippen LogP contribution in [-0.2, 0) is 17.7 Å². The Morgan fingerprint density at radius 2 is 1.70 bits per heavy atom. The molecule has 30 heavy (non-hydrogen) atoms. The molecule has 5 heteroatoms. The second kappa shape index (κ2) is 9.09. The van der Waals surface area contributed by atoms with E-state index in [1.165, 1.54) is 22.3 Å². The SMILES string of the molecule is C=CCn1c(SCc2c(C)cc(C(C)(C)C)cc2C)nnc1-c1ccc(OC)cc1. The van der Waals surface area contributed by atoms with Crippen LogP contribution >= 0.6 is 11.8 Å². The fourth-order valence-electron chi connectivity index (χ4n) is 3.43. The Balaban J connectivity index is 1.87. The molecule has 3 rings (SSSR count). The average Bonchev–Trinajstić information content (AvgIpc) is 3.09. The first kappa shape index (κ1) is 22.2. The molecule has 0 aliphatic carbocycles. The zero-order valence-electron chi connectivity index (χ0n) is 18.8. The zero-order chi connectivity index (χ0) is 21.9. The molecule has 0 aliphatic heterocycles. The number of thioether (sulfide) groups is 1. The molecular weight excluding hydrogens is 390 g/mol. The van der Waals surface area contributed by atoms with Gasteiger partial charge < -0.3 is 4.74 Å². The molecule has 0 aliphatic rings. The van der Waals surface area contributed by atoms with E-state index in [-0.39, 0.29) is 5.41 Å². The average molecular weight is 422 g/mol. The Bertz CT molecular complexity index is 1010. The van der Waals surface area contributed by atoms with Gasteiger partial charge in [0.1, 0.15) is 5.75 Å². The highest BCUT2D eigenvalue weighted by Gasteiger charge is 2.18. The fraction of sp³-hybridized carbons (Fsp3) is 0.360. The summed E-state index contributed by atoms with van der Waals surface area (Å²) < 4.78 is 7.38. The summed E-state index contributed by atoms with van der Waals surface area (Å²) in [5.74, 6) is 2.53. The standard InChI is InChI=1S/C25H31N3OS/c1-8-13-28-23(19-9-11-21(29-7)12-10-19)26-27-24(28)30-16-22-17(2)14-20(15-18(22)3)25(4,5)6/h8-12,14-15H,1,13,16H2,2-7H3. The van der Waals surface area contributed by atoms with E-state index < -0.39 is 0 Å². The van der Waals surface area contributed by atoms with Gasteiger partial charge in [0.05, 0.1) is 7.11 Å². The van der Waals surface area contributed by atoms with Crippen LogP contribution in [-0.4, -0.2) is 21.9 Å². The van der Waals surface area contributed by atoms with Gasteiger partial charge >= 0.3 is 0 Å². The largest absolute Gasteiger partial charge is 0.497 e. The third-order valence-electron chi connectivity index (χ3n) is 5.28. The topological polar surface area (TPSA) is 39.9 Å². The van der Waals surface area contributed by atoms with Gasteiger partial charge in [-0.3, -0.25) is 4.57 Å². The van der Waals surface area contributed by atoms with E-state index in [4.69, 9.17) is 4.74 Å². The van der Waals surface area contributed by atoms with E-state index in [2.05, 4.69) is 68.1 Å². The third-order valence-corrected chi connectivity index (χ3v) is 6.28. The molecule has 3 aromatic rings. The maximum atomic E-state index is 5.26. The molecule has 0 amide bonds. The van der Waals surface area contributed by atoms with Crippen molar-refractivity contribution in [3.8, 4) is 17.1 Å². The second-order valence-electron chi connectivity index (χ2n) is 8.56. The Labute approximate surface area is 184 Å². The quantitative estimate of drug-likeness (QED) is 0.329. The molecule has 0 bridgehead atoms. The summed E-state index contributed by atoms with van der Waals surface area (Å²) in [6, 6.07) is 12.5. The van der Waals surface area contributed by atoms with Crippen molar-refractivity contribution < 1.29 is 4.74 Å². The van der Waals surface area contributed by atoms with E-state index in [9.17, 15) is 0 Å². The maximum Gasteiger partial charge on any atom is 0.192 e. The molecule has 158 valence electrons. The molecule has 1 aromatic heterocycles. The maximum absolute atomic E-state index is 5.26. The number of nitrogens with zero attached hydrogens (tertiary/aromatic N) is 3. The summed E-state index contributed by atoms with van der Waals surface area (Å²) in [6.45, 7) is 15.8. The summed E-state index contributed by atoms with van der Waals surface area (Å²) in [6.07, 6.45) is 1.88. The minimum atomic E-state index is 0.151. The molecule has 0 radical (unpaired) electrons. The van der Waals surface area contributed by atoms with Crippen LogP contribution in [0.1, 0.15) is 43.0 Å². The predicted molar refractivity (Wildman–Crippen MR) is 126 cm³/mol. The van der Waals surface area contributed by atoms with Crippen molar-refractivity contribution in [2.75, 3.05) is 7.11 Å². The summed E-state index contributed by atoms with van der Waals surface area (Å²) in [5.41, 5.74) is 6.57. The number of aryl methyl sites for hydroxylation is 2. The number of aromatic nitrogens is 3. The van der Waals surface area contributed by atoms with Crippen molar-refractivity contribution in [2.45, 2.75) is 57.5 Å². The smallest absolute Gasteiger partial charge is 0.192 e. The Morgan fingerprint density at radius 1 is 1.07 bits per heavy atom. The Morgan fingerprint density at radius 3 is 2.23 bits per heavy atom. The summed E-state index contributed by atoms with van der Waals surface area (Å²) in [4.78, 5) is 0. The lowest BCUT2D eigenvalue weighted by Crippen LogP contribution is -2.12. The third kappa shape index (κ3) is 4.78. The van der Waals surface area contributed by atoms with Gasteiger partial charge in [-0.2, -0.15) is 0 Å². The summed E-state index contributed by atoms with van der Waals surface area (Å²) in [7, 11) is 1.67. The molecule has 4 nitrogen and oxygen atoms in total. The Hall–Kier alpha value is -2.53. The van der Waals surface area contributed by atoms with Crippen molar-refractivity contribution in [3.63, 3.8) is 0 Å². The number of hydrogen-bond donors (Lipinski definition) is 0. The van der Waals surface area contributed by atoms with Crippen molar-refractivity contribution >= 4 is 11.8 Å². The second-order valence-corrected chi connectivity index (χ2v) is 9.50. The molecule has 0 atom stereocenters. The van der Waals surface area contributed by atoms with E-state index in [0.717, 1.165) is 28.0 Å².